The molecule has 1 aromatic carbocycles. The van der Waals surface area contributed by atoms with E-state index in [9.17, 15) is 18.0 Å². The van der Waals surface area contributed by atoms with Crippen molar-refractivity contribution >= 4 is 5.91 Å². The molecule has 2 aromatic rings. The zero-order valence-corrected chi connectivity index (χ0v) is 15.6. The van der Waals surface area contributed by atoms with Crippen LogP contribution in [0, 0.1) is 13.8 Å². The van der Waals surface area contributed by atoms with Gasteiger partial charge in [0, 0.05) is 18.8 Å². The van der Waals surface area contributed by atoms with E-state index in [4.69, 9.17) is 0 Å². The highest BCUT2D eigenvalue weighted by atomic mass is 19.4. The van der Waals surface area contributed by atoms with Crippen LogP contribution in [0.2, 0.25) is 0 Å². The zero-order chi connectivity index (χ0) is 19.5. The lowest BCUT2D eigenvalue weighted by Crippen LogP contribution is -2.27. The first kappa shape index (κ1) is 20.1. The van der Waals surface area contributed by atoms with E-state index < -0.39 is 11.7 Å². The molecular weight excluding hydrogens is 341 g/mol. The largest absolute Gasteiger partial charge is 0.416 e. The van der Waals surface area contributed by atoms with Crippen molar-refractivity contribution in [2.24, 2.45) is 0 Å². The van der Waals surface area contributed by atoms with E-state index in [0.29, 0.717) is 17.8 Å². The number of hydrogen-bond acceptors (Lipinski definition) is 1. The fraction of sp³-hybridized carbons (Fsp3) is 0.450. The Morgan fingerprint density at radius 1 is 1.19 bits per heavy atom. The molecule has 1 amide bonds. The van der Waals surface area contributed by atoms with E-state index in [2.05, 4.69) is 5.32 Å². The number of nitrogens with one attached hydrogen (secondary N) is 1. The third kappa shape index (κ3) is 4.11. The van der Waals surface area contributed by atoms with E-state index in [1.165, 1.54) is 6.07 Å². The Bertz CT molecular complexity index is 791. The molecule has 0 bridgehead atoms. The number of halogens is 3. The number of aromatic nitrogens is 1. The topological polar surface area (TPSA) is 34.0 Å². The molecule has 0 aliphatic heterocycles. The second-order valence-corrected chi connectivity index (χ2v) is 6.43. The van der Waals surface area contributed by atoms with Crippen molar-refractivity contribution in [2.45, 2.75) is 53.3 Å². The van der Waals surface area contributed by atoms with Crippen molar-refractivity contribution < 1.29 is 18.0 Å². The van der Waals surface area contributed by atoms with Crippen molar-refractivity contribution in [2.75, 3.05) is 6.54 Å². The lowest BCUT2D eigenvalue weighted by molar-refractivity contribution is -0.137. The predicted molar refractivity (Wildman–Crippen MR) is 96.5 cm³/mol. The van der Waals surface area contributed by atoms with E-state index >= 15 is 0 Å². The van der Waals surface area contributed by atoms with Crippen LogP contribution in [-0.2, 0) is 19.1 Å². The zero-order valence-electron chi connectivity index (χ0n) is 15.6. The van der Waals surface area contributed by atoms with Crippen LogP contribution in [0.15, 0.2) is 24.3 Å². The molecule has 0 saturated carbocycles. The minimum atomic E-state index is -4.38. The van der Waals surface area contributed by atoms with E-state index in [1.54, 1.807) is 6.07 Å². The normalized spacial score (nSPS) is 11.7. The second-order valence-electron chi connectivity index (χ2n) is 6.43. The maximum absolute atomic E-state index is 13.0. The molecule has 26 heavy (non-hydrogen) atoms. The fourth-order valence-electron chi connectivity index (χ4n) is 3.31. The number of amides is 1. The summed E-state index contributed by atoms with van der Waals surface area (Å²) in [5, 5.41) is 2.88. The van der Waals surface area contributed by atoms with Gasteiger partial charge in [-0.15, -0.1) is 0 Å². The van der Waals surface area contributed by atoms with Gasteiger partial charge < -0.3 is 9.88 Å². The maximum atomic E-state index is 13.0. The first-order chi connectivity index (χ1) is 12.2. The van der Waals surface area contributed by atoms with Crippen molar-refractivity contribution in [3.8, 4) is 0 Å². The van der Waals surface area contributed by atoms with Gasteiger partial charge in [0.1, 0.15) is 5.69 Å². The molecule has 142 valence electrons. The van der Waals surface area contributed by atoms with E-state index in [1.807, 2.05) is 32.3 Å². The van der Waals surface area contributed by atoms with Crippen LogP contribution < -0.4 is 5.32 Å². The van der Waals surface area contributed by atoms with Gasteiger partial charge in [0.2, 0.25) is 0 Å². The average Bonchev–Trinajstić information content (AvgIpc) is 2.82. The van der Waals surface area contributed by atoms with Gasteiger partial charge >= 0.3 is 6.18 Å². The number of alkyl halides is 3. The monoisotopic (exact) mass is 366 g/mol. The molecule has 3 nitrogen and oxygen atoms in total. The summed E-state index contributed by atoms with van der Waals surface area (Å²) in [5.41, 5.74) is 3.26. The van der Waals surface area contributed by atoms with Gasteiger partial charge in [-0.05, 0) is 55.5 Å². The number of hydrogen-bond donors (Lipinski definition) is 1. The molecule has 0 unspecified atom stereocenters. The summed E-state index contributed by atoms with van der Waals surface area (Å²) in [5.74, 6) is -0.181. The van der Waals surface area contributed by atoms with Crippen LogP contribution in [0.5, 0.6) is 0 Å². The molecule has 0 aliphatic carbocycles. The molecule has 0 saturated heterocycles. The Labute approximate surface area is 152 Å². The molecule has 1 heterocycles. The summed E-state index contributed by atoms with van der Waals surface area (Å²) in [6, 6.07) is 5.27. The van der Waals surface area contributed by atoms with Crippen molar-refractivity contribution in [3.63, 3.8) is 0 Å². The van der Waals surface area contributed by atoms with E-state index in [-0.39, 0.29) is 12.5 Å². The second kappa shape index (κ2) is 7.98. The predicted octanol–water partition coefficient (Wildman–Crippen LogP) is 4.87. The summed E-state index contributed by atoms with van der Waals surface area (Å²) >= 11 is 0. The van der Waals surface area contributed by atoms with Gasteiger partial charge in [0.05, 0.1) is 5.56 Å². The van der Waals surface area contributed by atoms with Gasteiger partial charge in [0.15, 0.2) is 0 Å². The van der Waals surface area contributed by atoms with Gasteiger partial charge in [0.25, 0.3) is 5.91 Å². The maximum Gasteiger partial charge on any atom is 0.416 e. The highest BCUT2D eigenvalue weighted by molar-refractivity contribution is 5.95. The molecule has 2 rings (SSSR count). The number of carbonyl (C=O) groups excluding carboxylic acids is 1. The molecule has 0 aliphatic rings. The number of rotatable bonds is 6. The van der Waals surface area contributed by atoms with Crippen LogP contribution in [-0.4, -0.2) is 17.0 Å². The lowest BCUT2D eigenvalue weighted by Gasteiger charge is -2.14. The van der Waals surface area contributed by atoms with Crippen LogP contribution in [0.25, 0.3) is 0 Å². The van der Waals surface area contributed by atoms with Crippen LogP contribution in [0.3, 0.4) is 0 Å². The van der Waals surface area contributed by atoms with E-state index in [0.717, 1.165) is 41.8 Å². The fourth-order valence-corrected chi connectivity index (χ4v) is 3.31. The molecular formula is C20H25F3N2O. The molecule has 0 spiro atoms. The summed E-state index contributed by atoms with van der Waals surface area (Å²) in [6.07, 6.45) is -2.80. The van der Waals surface area contributed by atoms with Crippen molar-refractivity contribution in [3.05, 3.63) is 57.9 Å². The smallest absolute Gasteiger partial charge is 0.351 e. The minimum absolute atomic E-state index is 0.181. The molecule has 1 N–H and O–H groups in total. The van der Waals surface area contributed by atoms with Gasteiger partial charge in [-0.1, -0.05) is 26.0 Å². The highest BCUT2D eigenvalue weighted by Gasteiger charge is 2.30. The Morgan fingerprint density at radius 2 is 1.88 bits per heavy atom. The lowest BCUT2D eigenvalue weighted by atomic mass is 10.1. The van der Waals surface area contributed by atoms with Crippen LogP contribution in [0.1, 0.15) is 58.7 Å². The first-order valence-corrected chi connectivity index (χ1v) is 8.83. The molecule has 0 radical (unpaired) electrons. The van der Waals surface area contributed by atoms with Gasteiger partial charge in [-0.25, -0.2) is 0 Å². The Kier molecular flexibility index (Phi) is 6.16. The number of nitrogens with zero attached hydrogens (tertiary/aromatic N) is 1. The van der Waals surface area contributed by atoms with Crippen LogP contribution in [0.4, 0.5) is 13.2 Å². The van der Waals surface area contributed by atoms with Crippen molar-refractivity contribution in [1.29, 1.82) is 0 Å². The Balaban J connectivity index is 2.47. The van der Waals surface area contributed by atoms with Crippen molar-refractivity contribution in [1.82, 2.24) is 9.88 Å². The number of benzene rings is 1. The summed E-state index contributed by atoms with van der Waals surface area (Å²) < 4.78 is 40.8. The SMILES string of the molecule is CCCNC(=O)c1c(C)c(CC)c(C)n1Cc1cccc(C(F)(F)F)c1. The number of carbonyl (C=O) groups is 1. The molecule has 0 atom stereocenters. The summed E-state index contributed by atoms with van der Waals surface area (Å²) in [4.78, 5) is 12.6. The third-order valence-corrected chi connectivity index (χ3v) is 4.62. The Hall–Kier alpha value is -2.24. The first-order valence-electron chi connectivity index (χ1n) is 8.83. The third-order valence-electron chi connectivity index (χ3n) is 4.62. The Morgan fingerprint density at radius 3 is 2.46 bits per heavy atom. The molecule has 1 aromatic heterocycles. The molecule has 6 heteroatoms. The summed E-state index contributed by atoms with van der Waals surface area (Å²) in [7, 11) is 0. The average molecular weight is 366 g/mol. The standard InChI is InChI=1S/C20H25F3N2O/c1-5-10-24-19(26)18-13(3)17(6-2)14(4)25(18)12-15-8-7-9-16(11-15)20(21,22)23/h7-9,11H,5-6,10,12H2,1-4H3,(H,24,26). The van der Waals surface area contributed by atoms with Gasteiger partial charge in [-0.2, -0.15) is 13.2 Å². The van der Waals surface area contributed by atoms with Crippen LogP contribution >= 0.6 is 0 Å². The quantitative estimate of drug-likeness (QED) is 0.777. The van der Waals surface area contributed by atoms with Gasteiger partial charge in [-0.3, -0.25) is 4.79 Å². The summed E-state index contributed by atoms with van der Waals surface area (Å²) in [6.45, 7) is 8.58. The minimum Gasteiger partial charge on any atom is -0.351 e. The highest BCUT2D eigenvalue weighted by Crippen LogP contribution is 2.30. The molecule has 0 fully saturated rings.